The van der Waals surface area contributed by atoms with Crippen LogP contribution in [0.2, 0.25) is 0 Å². The molecule has 164 valence electrons. The second-order valence-electron chi connectivity index (χ2n) is 8.50. The van der Waals surface area contributed by atoms with Crippen LogP contribution in [-0.2, 0) is 0 Å². The zero-order valence-corrected chi connectivity index (χ0v) is 18.7. The highest BCUT2D eigenvalue weighted by molar-refractivity contribution is 7.23. The minimum Gasteiger partial charge on any atom is -0.391 e. The maximum absolute atomic E-state index is 13.2. The largest absolute Gasteiger partial charge is 0.391 e. The topological polar surface area (TPSA) is 130 Å². The van der Waals surface area contributed by atoms with E-state index in [0.29, 0.717) is 40.8 Å². The van der Waals surface area contributed by atoms with Crippen molar-refractivity contribution in [2.75, 3.05) is 29.0 Å². The Bertz CT molecular complexity index is 1100. The Hall–Kier alpha value is -2.75. The van der Waals surface area contributed by atoms with Crippen LogP contribution in [0.15, 0.2) is 30.7 Å². The number of pyridine rings is 2. The number of hydrogen-bond donors (Lipinski definition) is 4. The number of carbonyl (C=O) groups excluding carboxylic acids is 1. The molecule has 3 aromatic rings. The first-order valence-electron chi connectivity index (χ1n) is 10.4. The number of aromatic nitrogens is 2. The minimum atomic E-state index is -0.546. The summed E-state index contributed by atoms with van der Waals surface area (Å²) in [6, 6.07) is 3.52. The standard InChI is InChI=1S/C22H28N6O2S/c1-11(2)13-6-17-19(26-7-13)18(21(24)31-17)22(30)27-15-8-25-5-4-16(15)28-9-12(3)20(29)14(23)10-28/h4-8,11-12,14,20,29H,9-10,23-24H2,1-3H3,(H,27,30). The predicted octanol–water partition coefficient (Wildman–Crippen LogP) is 2.79. The molecule has 4 heterocycles. The smallest absolute Gasteiger partial charge is 0.260 e. The fourth-order valence-corrected chi connectivity index (χ4v) is 4.98. The van der Waals surface area contributed by atoms with Gasteiger partial charge in [-0.3, -0.25) is 14.8 Å². The van der Waals surface area contributed by atoms with Crippen LogP contribution in [-0.4, -0.2) is 46.2 Å². The molecule has 8 nitrogen and oxygen atoms in total. The van der Waals surface area contributed by atoms with Crippen molar-refractivity contribution in [3.8, 4) is 0 Å². The number of nitrogen functional groups attached to an aromatic ring is 1. The number of aliphatic hydroxyl groups excluding tert-OH is 1. The van der Waals surface area contributed by atoms with Gasteiger partial charge in [0.15, 0.2) is 0 Å². The number of rotatable bonds is 4. The summed E-state index contributed by atoms with van der Waals surface area (Å²) in [6.45, 7) is 7.28. The first-order chi connectivity index (χ1) is 14.8. The highest BCUT2D eigenvalue weighted by Gasteiger charge is 2.32. The van der Waals surface area contributed by atoms with E-state index in [9.17, 15) is 9.90 Å². The Morgan fingerprint density at radius 2 is 2.13 bits per heavy atom. The van der Waals surface area contributed by atoms with Gasteiger partial charge >= 0.3 is 0 Å². The van der Waals surface area contributed by atoms with E-state index < -0.39 is 6.10 Å². The molecular weight excluding hydrogens is 412 g/mol. The van der Waals surface area contributed by atoms with Crippen molar-refractivity contribution in [3.05, 3.63) is 41.9 Å². The fourth-order valence-electron chi connectivity index (χ4n) is 4.00. The van der Waals surface area contributed by atoms with Gasteiger partial charge in [0.25, 0.3) is 5.91 Å². The van der Waals surface area contributed by atoms with Gasteiger partial charge < -0.3 is 26.8 Å². The van der Waals surface area contributed by atoms with Crippen molar-refractivity contribution >= 4 is 43.8 Å². The van der Waals surface area contributed by atoms with E-state index in [0.717, 1.165) is 16.0 Å². The number of fused-ring (bicyclic) bond motifs is 1. The number of amides is 1. The lowest BCUT2D eigenvalue weighted by atomic mass is 9.92. The number of nitrogens with two attached hydrogens (primary N) is 2. The van der Waals surface area contributed by atoms with Crippen LogP contribution in [0.25, 0.3) is 10.2 Å². The SMILES string of the molecule is CC(C)c1cnc2c(C(=O)Nc3cnccc3N3CC(C)C(O)C(N)C3)c(N)sc2c1. The molecule has 0 aromatic carbocycles. The van der Waals surface area contributed by atoms with Crippen LogP contribution in [0.5, 0.6) is 0 Å². The molecule has 6 N–H and O–H groups in total. The van der Waals surface area contributed by atoms with Crippen LogP contribution in [0.3, 0.4) is 0 Å². The van der Waals surface area contributed by atoms with Gasteiger partial charge in [-0.15, -0.1) is 11.3 Å². The molecule has 0 radical (unpaired) electrons. The highest BCUT2D eigenvalue weighted by atomic mass is 32.1. The maximum Gasteiger partial charge on any atom is 0.260 e. The third-order valence-electron chi connectivity index (χ3n) is 5.82. The summed E-state index contributed by atoms with van der Waals surface area (Å²) in [5, 5.41) is 13.6. The van der Waals surface area contributed by atoms with E-state index >= 15 is 0 Å². The molecule has 3 atom stereocenters. The van der Waals surface area contributed by atoms with Gasteiger partial charge in [-0.05, 0) is 23.6 Å². The summed E-state index contributed by atoms with van der Waals surface area (Å²) >= 11 is 1.37. The number of thiophene rings is 1. The second kappa shape index (κ2) is 8.41. The molecule has 0 saturated carbocycles. The van der Waals surface area contributed by atoms with Crippen molar-refractivity contribution in [3.63, 3.8) is 0 Å². The van der Waals surface area contributed by atoms with Crippen LogP contribution in [0.1, 0.15) is 42.6 Å². The predicted molar refractivity (Wildman–Crippen MR) is 126 cm³/mol. The monoisotopic (exact) mass is 440 g/mol. The Morgan fingerprint density at radius 1 is 1.35 bits per heavy atom. The average molecular weight is 441 g/mol. The third kappa shape index (κ3) is 4.08. The second-order valence-corrected chi connectivity index (χ2v) is 9.58. The van der Waals surface area contributed by atoms with Crippen LogP contribution >= 0.6 is 11.3 Å². The average Bonchev–Trinajstić information content (AvgIpc) is 3.06. The van der Waals surface area contributed by atoms with Crippen molar-refractivity contribution in [2.24, 2.45) is 11.7 Å². The van der Waals surface area contributed by atoms with Crippen molar-refractivity contribution in [1.82, 2.24) is 9.97 Å². The molecule has 4 rings (SSSR count). The molecule has 0 aliphatic carbocycles. The summed E-state index contributed by atoms with van der Waals surface area (Å²) in [5.41, 5.74) is 15.8. The summed E-state index contributed by atoms with van der Waals surface area (Å²) in [4.78, 5) is 24.0. The molecule has 9 heteroatoms. The van der Waals surface area contributed by atoms with E-state index in [1.54, 1.807) is 18.6 Å². The van der Waals surface area contributed by atoms with Gasteiger partial charge in [0.05, 0.1) is 33.9 Å². The summed E-state index contributed by atoms with van der Waals surface area (Å²) in [5.74, 6) is 0.0285. The Kier molecular flexibility index (Phi) is 5.83. The molecule has 1 aliphatic rings. The van der Waals surface area contributed by atoms with Gasteiger partial charge in [-0.25, -0.2) is 0 Å². The van der Waals surface area contributed by atoms with Crippen molar-refractivity contribution in [1.29, 1.82) is 0 Å². The molecule has 1 fully saturated rings. The number of carbonyl (C=O) groups is 1. The number of nitrogens with one attached hydrogen (secondary N) is 1. The zero-order valence-electron chi connectivity index (χ0n) is 17.9. The van der Waals surface area contributed by atoms with Gasteiger partial charge in [0.1, 0.15) is 10.6 Å². The number of anilines is 3. The van der Waals surface area contributed by atoms with E-state index in [4.69, 9.17) is 11.5 Å². The first-order valence-corrected chi connectivity index (χ1v) is 11.2. The molecule has 1 amide bonds. The van der Waals surface area contributed by atoms with Gasteiger partial charge in [-0.1, -0.05) is 20.8 Å². The van der Waals surface area contributed by atoms with Gasteiger partial charge in [0, 0.05) is 37.4 Å². The van der Waals surface area contributed by atoms with Gasteiger partial charge in [0.2, 0.25) is 0 Å². The Morgan fingerprint density at radius 3 is 2.84 bits per heavy atom. The zero-order chi connectivity index (χ0) is 22.3. The summed E-state index contributed by atoms with van der Waals surface area (Å²) in [6.07, 6.45) is 4.54. The minimum absolute atomic E-state index is 0.0104. The van der Waals surface area contributed by atoms with Crippen molar-refractivity contribution in [2.45, 2.75) is 38.8 Å². The lowest BCUT2D eigenvalue weighted by Crippen LogP contribution is -2.55. The van der Waals surface area contributed by atoms with E-state index in [1.165, 1.54) is 11.3 Å². The molecule has 3 unspecified atom stereocenters. The number of nitrogens with zero attached hydrogens (tertiary/aromatic N) is 3. The van der Waals surface area contributed by atoms with Crippen LogP contribution in [0, 0.1) is 5.92 Å². The number of aliphatic hydroxyl groups is 1. The molecule has 0 spiro atoms. The first kappa shape index (κ1) is 21.5. The van der Waals surface area contributed by atoms with Gasteiger partial charge in [-0.2, -0.15) is 0 Å². The Balaban J connectivity index is 1.64. The lowest BCUT2D eigenvalue weighted by Gasteiger charge is -2.40. The molecule has 0 bridgehead atoms. The molecule has 31 heavy (non-hydrogen) atoms. The lowest BCUT2D eigenvalue weighted by molar-refractivity contribution is 0.0785. The Labute approximate surface area is 185 Å². The summed E-state index contributed by atoms with van der Waals surface area (Å²) in [7, 11) is 0. The van der Waals surface area contributed by atoms with E-state index in [-0.39, 0.29) is 17.9 Å². The fraction of sp³-hybridized carbons (Fsp3) is 0.409. The maximum atomic E-state index is 13.2. The molecule has 3 aromatic heterocycles. The summed E-state index contributed by atoms with van der Waals surface area (Å²) < 4.78 is 0.894. The molecular formula is C22H28N6O2S. The number of piperidine rings is 1. The number of hydrogen-bond acceptors (Lipinski definition) is 8. The third-order valence-corrected chi connectivity index (χ3v) is 6.77. The van der Waals surface area contributed by atoms with E-state index in [1.807, 2.05) is 19.1 Å². The normalized spacial score (nSPS) is 21.6. The van der Waals surface area contributed by atoms with Crippen LogP contribution < -0.4 is 21.7 Å². The van der Waals surface area contributed by atoms with Crippen LogP contribution in [0.4, 0.5) is 16.4 Å². The van der Waals surface area contributed by atoms with Crippen molar-refractivity contribution < 1.29 is 9.90 Å². The molecule has 1 saturated heterocycles. The quantitative estimate of drug-likeness (QED) is 0.491. The highest BCUT2D eigenvalue weighted by Crippen LogP contribution is 2.35. The molecule has 1 aliphatic heterocycles. The van der Waals surface area contributed by atoms with E-state index in [2.05, 4.69) is 34.0 Å².